The topological polar surface area (TPSA) is 57.0 Å². The number of aromatic nitrogens is 2. The van der Waals surface area contributed by atoms with Crippen molar-refractivity contribution in [3.63, 3.8) is 0 Å². The SMILES string of the molecule is CCC(N)C(c1ccco1)n1cc(Cl)cn1. The molecule has 2 rings (SSSR count). The van der Waals surface area contributed by atoms with Gasteiger partial charge in [-0.15, -0.1) is 0 Å². The monoisotopic (exact) mass is 239 g/mol. The zero-order valence-electron chi connectivity index (χ0n) is 9.01. The minimum Gasteiger partial charge on any atom is -0.467 e. The quantitative estimate of drug-likeness (QED) is 0.892. The Morgan fingerprint density at radius 3 is 2.94 bits per heavy atom. The highest BCUT2D eigenvalue weighted by molar-refractivity contribution is 6.30. The van der Waals surface area contributed by atoms with E-state index in [-0.39, 0.29) is 12.1 Å². The maximum absolute atomic E-state index is 6.09. The van der Waals surface area contributed by atoms with E-state index >= 15 is 0 Å². The first kappa shape index (κ1) is 11.2. The lowest BCUT2D eigenvalue weighted by Crippen LogP contribution is -2.32. The summed E-state index contributed by atoms with van der Waals surface area (Å²) in [6, 6.07) is 3.58. The van der Waals surface area contributed by atoms with E-state index in [1.165, 1.54) is 0 Å². The van der Waals surface area contributed by atoms with Crippen LogP contribution in [0.2, 0.25) is 5.02 Å². The van der Waals surface area contributed by atoms with E-state index in [0.717, 1.165) is 12.2 Å². The van der Waals surface area contributed by atoms with Crippen LogP contribution in [0, 0.1) is 0 Å². The highest BCUT2D eigenvalue weighted by Gasteiger charge is 2.23. The van der Waals surface area contributed by atoms with Gasteiger partial charge in [-0.2, -0.15) is 5.10 Å². The first-order valence-corrected chi connectivity index (χ1v) is 5.58. The van der Waals surface area contributed by atoms with Crippen LogP contribution in [0.5, 0.6) is 0 Å². The zero-order chi connectivity index (χ0) is 11.5. The van der Waals surface area contributed by atoms with E-state index in [4.69, 9.17) is 21.8 Å². The van der Waals surface area contributed by atoms with Gasteiger partial charge in [-0.3, -0.25) is 4.68 Å². The Morgan fingerprint density at radius 1 is 1.62 bits per heavy atom. The summed E-state index contributed by atoms with van der Waals surface area (Å²) in [6.45, 7) is 2.03. The fourth-order valence-corrected chi connectivity index (χ4v) is 1.83. The van der Waals surface area contributed by atoms with Crippen LogP contribution in [0.15, 0.2) is 35.2 Å². The van der Waals surface area contributed by atoms with E-state index in [9.17, 15) is 0 Å². The van der Waals surface area contributed by atoms with Crippen LogP contribution in [-0.2, 0) is 0 Å². The molecule has 5 heteroatoms. The molecule has 0 radical (unpaired) electrons. The van der Waals surface area contributed by atoms with Crippen molar-refractivity contribution in [3.05, 3.63) is 41.6 Å². The molecule has 2 N–H and O–H groups in total. The average molecular weight is 240 g/mol. The summed E-state index contributed by atoms with van der Waals surface area (Å²) in [7, 11) is 0. The van der Waals surface area contributed by atoms with Crippen molar-refractivity contribution in [2.75, 3.05) is 0 Å². The molecule has 2 aromatic heterocycles. The minimum absolute atomic E-state index is 0.0536. The molecule has 0 aromatic carbocycles. The predicted octanol–water partition coefficient (Wildman–Crippen LogP) is 2.46. The van der Waals surface area contributed by atoms with Crippen LogP contribution in [-0.4, -0.2) is 15.8 Å². The lowest BCUT2D eigenvalue weighted by atomic mass is 10.0. The van der Waals surface area contributed by atoms with Gasteiger partial charge in [-0.05, 0) is 18.6 Å². The van der Waals surface area contributed by atoms with Gasteiger partial charge in [0.2, 0.25) is 0 Å². The first-order chi connectivity index (χ1) is 7.72. The Morgan fingerprint density at radius 2 is 2.44 bits per heavy atom. The average Bonchev–Trinajstić information content (AvgIpc) is 2.91. The second-order valence-corrected chi connectivity index (χ2v) is 4.11. The number of rotatable bonds is 4. The number of hydrogen-bond donors (Lipinski definition) is 1. The van der Waals surface area contributed by atoms with Gasteiger partial charge >= 0.3 is 0 Å². The van der Waals surface area contributed by atoms with E-state index in [1.54, 1.807) is 23.3 Å². The van der Waals surface area contributed by atoms with Crippen LogP contribution < -0.4 is 5.73 Å². The van der Waals surface area contributed by atoms with Gasteiger partial charge in [0.15, 0.2) is 0 Å². The number of nitrogens with zero attached hydrogens (tertiary/aromatic N) is 2. The Labute approximate surface area is 99.0 Å². The summed E-state index contributed by atoms with van der Waals surface area (Å²) in [5.41, 5.74) is 6.09. The molecule has 2 atom stereocenters. The maximum Gasteiger partial charge on any atom is 0.129 e. The molecular weight excluding hydrogens is 226 g/mol. The molecule has 4 nitrogen and oxygen atoms in total. The lowest BCUT2D eigenvalue weighted by Gasteiger charge is -2.21. The third-order valence-electron chi connectivity index (χ3n) is 2.57. The number of nitrogens with two attached hydrogens (primary N) is 1. The molecule has 0 fully saturated rings. The van der Waals surface area contributed by atoms with E-state index in [1.807, 2.05) is 19.1 Å². The second kappa shape index (κ2) is 4.72. The molecule has 16 heavy (non-hydrogen) atoms. The zero-order valence-corrected chi connectivity index (χ0v) is 9.76. The van der Waals surface area contributed by atoms with Crippen molar-refractivity contribution in [1.82, 2.24) is 9.78 Å². The minimum atomic E-state index is -0.104. The van der Waals surface area contributed by atoms with Crippen LogP contribution in [0.1, 0.15) is 25.1 Å². The molecule has 0 amide bonds. The predicted molar refractivity (Wildman–Crippen MR) is 62.4 cm³/mol. The maximum atomic E-state index is 6.09. The smallest absolute Gasteiger partial charge is 0.129 e. The van der Waals surface area contributed by atoms with E-state index < -0.39 is 0 Å². The summed E-state index contributed by atoms with van der Waals surface area (Å²) in [6.07, 6.45) is 5.82. The summed E-state index contributed by atoms with van der Waals surface area (Å²) in [5, 5.41) is 4.78. The van der Waals surface area contributed by atoms with Gasteiger partial charge in [0.1, 0.15) is 11.8 Å². The van der Waals surface area contributed by atoms with Crippen molar-refractivity contribution >= 4 is 11.6 Å². The largest absolute Gasteiger partial charge is 0.467 e. The van der Waals surface area contributed by atoms with Gasteiger partial charge < -0.3 is 10.2 Å². The van der Waals surface area contributed by atoms with Crippen molar-refractivity contribution in [2.45, 2.75) is 25.4 Å². The number of halogens is 1. The molecule has 0 saturated heterocycles. The highest BCUT2D eigenvalue weighted by Crippen LogP contribution is 2.23. The summed E-state index contributed by atoms with van der Waals surface area (Å²) >= 11 is 5.86. The molecule has 86 valence electrons. The molecule has 0 aliphatic rings. The molecule has 2 aromatic rings. The number of hydrogen-bond acceptors (Lipinski definition) is 3. The Bertz CT molecular complexity index is 438. The van der Waals surface area contributed by atoms with Crippen molar-refractivity contribution in [2.24, 2.45) is 5.73 Å². The Hall–Kier alpha value is -1.26. The van der Waals surface area contributed by atoms with Crippen LogP contribution in [0.3, 0.4) is 0 Å². The molecule has 2 heterocycles. The third kappa shape index (κ3) is 2.13. The van der Waals surface area contributed by atoms with Crippen LogP contribution in [0.4, 0.5) is 0 Å². The molecule has 0 spiro atoms. The molecule has 2 unspecified atom stereocenters. The third-order valence-corrected chi connectivity index (χ3v) is 2.76. The summed E-state index contributed by atoms with van der Waals surface area (Å²) < 4.78 is 7.14. The molecule has 0 saturated carbocycles. The first-order valence-electron chi connectivity index (χ1n) is 5.21. The summed E-state index contributed by atoms with van der Waals surface area (Å²) in [5.74, 6) is 0.800. The Kier molecular flexibility index (Phi) is 3.31. The number of furan rings is 1. The normalized spacial score (nSPS) is 14.9. The van der Waals surface area contributed by atoms with Crippen molar-refractivity contribution in [3.8, 4) is 0 Å². The fraction of sp³-hybridized carbons (Fsp3) is 0.364. The summed E-state index contributed by atoms with van der Waals surface area (Å²) in [4.78, 5) is 0. The fourth-order valence-electron chi connectivity index (χ4n) is 1.69. The van der Waals surface area contributed by atoms with Gasteiger partial charge in [-0.1, -0.05) is 18.5 Å². The van der Waals surface area contributed by atoms with Crippen molar-refractivity contribution in [1.29, 1.82) is 0 Å². The van der Waals surface area contributed by atoms with Crippen molar-refractivity contribution < 1.29 is 4.42 Å². The van der Waals surface area contributed by atoms with Gasteiger partial charge in [0.25, 0.3) is 0 Å². The van der Waals surface area contributed by atoms with Gasteiger partial charge in [0.05, 0.1) is 17.5 Å². The van der Waals surface area contributed by atoms with Gasteiger partial charge in [-0.25, -0.2) is 0 Å². The molecule has 0 aliphatic heterocycles. The van der Waals surface area contributed by atoms with E-state index in [2.05, 4.69) is 5.10 Å². The highest BCUT2D eigenvalue weighted by atomic mass is 35.5. The molecule has 0 bridgehead atoms. The van der Waals surface area contributed by atoms with Crippen LogP contribution >= 0.6 is 11.6 Å². The lowest BCUT2D eigenvalue weighted by molar-refractivity contribution is 0.351. The van der Waals surface area contributed by atoms with E-state index in [0.29, 0.717) is 5.02 Å². The van der Waals surface area contributed by atoms with Crippen LogP contribution in [0.25, 0.3) is 0 Å². The molecular formula is C11H14ClN3O. The molecule has 0 aliphatic carbocycles. The van der Waals surface area contributed by atoms with Gasteiger partial charge in [0, 0.05) is 12.2 Å². The second-order valence-electron chi connectivity index (χ2n) is 3.67. The standard InChI is InChI=1S/C11H14ClN3O/c1-2-9(13)11(10-4-3-5-16-10)15-7-8(12)6-14-15/h3-7,9,11H,2,13H2,1H3. The Balaban J connectivity index is 2.35.